The summed E-state index contributed by atoms with van der Waals surface area (Å²) in [7, 11) is -9.33. The fourth-order valence-electron chi connectivity index (χ4n) is 3.57. The Labute approximate surface area is 192 Å². The largest absolute Gasteiger partial charge is 0.417 e. The number of hydrogen-bond donors (Lipinski definition) is 0. The number of benzene rings is 1. The molecule has 0 spiro atoms. The molecule has 13 heteroatoms. The monoisotopic (exact) mass is 525 g/mol. The Morgan fingerprint density at radius 3 is 2.36 bits per heavy atom. The van der Waals surface area contributed by atoms with Crippen molar-refractivity contribution in [1.82, 2.24) is 4.98 Å². The van der Waals surface area contributed by atoms with Gasteiger partial charge < -0.3 is 4.74 Å². The minimum absolute atomic E-state index is 0.00357. The number of rotatable bonds is 5. The lowest BCUT2D eigenvalue weighted by Crippen LogP contribution is -2.39. The zero-order chi connectivity index (χ0) is 24.8. The fraction of sp³-hybridized carbons (Fsp3) is 0.450. The number of nitrogens with zero attached hydrogens (tertiary/aromatic N) is 1. The molecule has 1 aromatic carbocycles. The first-order valence-corrected chi connectivity index (χ1v) is 14.6. The Hall–Kier alpha value is -1.83. The molecule has 3 rings (SSSR count). The van der Waals surface area contributed by atoms with E-state index in [1.165, 1.54) is 24.3 Å². The van der Waals surface area contributed by atoms with E-state index >= 15 is 0 Å². The van der Waals surface area contributed by atoms with Crippen molar-refractivity contribution < 1.29 is 39.0 Å². The van der Waals surface area contributed by atoms with Gasteiger partial charge in [-0.15, -0.1) is 0 Å². The van der Waals surface area contributed by atoms with Gasteiger partial charge in [0.15, 0.2) is 19.7 Å². The van der Waals surface area contributed by atoms with Crippen LogP contribution in [0.3, 0.4) is 0 Å². The van der Waals surface area contributed by atoms with Gasteiger partial charge in [0.2, 0.25) is 0 Å². The minimum Gasteiger partial charge on any atom is -0.372 e. The molecule has 182 valence electrons. The molecule has 2 heterocycles. The lowest BCUT2D eigenvalue weighted by molar-refractivity contribution is -0.138. The van der Waals surface area contributed by atoms with Gasteiger partial charge in [0.1, 0.15) is 6.10 Å². The summed E-state index contributed by atoms with van der Waals surface area (Å²) in [5.41, 5.74) is -1.38. The van der Waals surface area contributed by atoms with Gasteiger partial charge in [-0.05, 0) is 44.0 Å². The van der Waals surface area contributed by atoms with Gasteiger partial charge >= 0.3 is 6.18 Å². The third-order valence-corrected chi connectivity index (χ3v) is 9.56. The lowest BCUT2D eigenvalue weighted by Gasteiger charge is -2.37. The second-order valence-electron chi connectivity index (χ2n) is 8.16. The number of alkyl halides is 3. The van der Waals surface area contributed by atoms with Gasteiger partial charge in [-0.2, -0.15) is 13.2 Å². The number of ether oxygens (including phenoxy) is 1. The highest BCUT2D eigenvalue weighted by molar-refractivity contribution is 7.91. The van der Waals surface area contributed by atoms with Crippen LogP contribution in [0.1, 0.15) is 37.1 Å². The molecule has 0 N–H and O–H groups in total. The molecule has 1 aliphatic heterocycles. The van der Waals surface area contributed by atoms with E-state index in [-0.39, 0.29) is 28.5 Å². The second-order valence-corrected chi connectivity index (χ2v) is 14.2. The smallest absolute Gasteiger partial charge is 0.372 e. The third kappa shape index (κ3) is 5.64. The molecular formula is C20H22F3NO6S3. The molecule has 3 unspecified atom stereocenters. The van der Waals surface area contributed by atoms with Gasteiger partial charge in [0, 0.05) is 30.2 Å². The fourth-order valence-corrected chi connectivity index (χ4v) is 6.79. The van der Waals surface area contributed by atoms with E-state index in [1.54, 1.807) is 6.92 Å². The van der Waals surface area contributed by atoms with Gasteiger partial charge in [-0.1, -0.05) is 6.07 Å². The van der Waals surface area contributed by atoms with Crippen LogP contribution < -0.4 is 0 Å². The Balaban J connectivity index is 2.00. The number of aromatic nitrogens is 1. The number of sulfone groups is 2. The summed E-state index contributed by atoms with van der Waals surface area (Å²) in [5.74, 6) is 0. The summed E-state index contributed by atoms with van der Waals surface area (Å²) < 4.78 is 106. The highest BCUT2D eigenvalue weighted by Gasteiger charge is 2.42. The van der Waals surface area contributed by atoms with Gasteiger partial charge in [0.25, 0.3) is 0 Å². The molecular weight excluding hydrogens is 503 g/mol. The normalized spacial score (nSPS) is 23.3. The van der Waals surface area contributed by atoms with E-state index in [9.17, 15) is 34.2 Å². The zero-order valence-corrected chi connectivity index (χ0v) is 20.4. The first-order chi connectivity index (χ1) is 15.0. The standard InChI is InChI=1S/C20H22F3NO6S3/c1-19(31(25)14-5-4-6-15(10-14)32(2,26)27)7-8-30-16(11-19)18-17(33(3,28)29)9-13(12-24-18)20(21,22)23/h4-6,9-10,12,16H,7-8,11H2,1-3H3. The maximum Gasteiger partial charge on any atom is 0.417 e. The van der Waals surface area contributed by atoms with Crippen LogP contribution in [0.15, 0.2) is 51.2 Å². The van der Waals surface area contributed by atoms with Crippen molar-refractivity contribution in [1.29, 1.82) is 0 Å². The Morgan fingerprint density at radius 2 is 1.79 bits per heavy atom. The van der Waals surface area contributed by atoms with Crippen molar-refractivity contribution in [3.63, 3.8) is 0 Å². The van der Waals surface area contributed by atoms with Crippen molar-refractivity contribution in [3.8, 4) is 0 Å². The van der Waals surface area contributed by atoms with Crippen LogP contribution in [0.2, 0.25) is 0 Å². The van der Waals surface area contributed by atoms with Crippen LogP contribution in [-0.2, 0) is 41.4 Å². The van der Waals surface area contributed by atoms with Crippen LogP contribution in [-0.4, -0.2) is 49.9 Å². The average molecular weight is 526 g/mol. The Bertz CT molecular complexity index is 1310. The lowest BCUT2D eigenvalue weighted by atomic mass is 9.94. The van der Waals surface area contributed by atoms with Crippen molar-refractivity contribution >= 4 is 30.5 Å². The van der Waals surface area contributed by atoms with E-state index in [0.29, 0.717) is 18.7 Å². The molecule has 2 aromatic rings. The van der Waals surface area contributed by atoms with Crippen LogP contribution in [0.25, 0.3) is 0 Å². The molecule has 1 aromatic heterocycles. The number of halogens is 3. The predicted octanol–water partition coefficient (Wildman–Crippen LogP) is 3.33. The molecule has 7 nitrogen and oxygen atoms in total. The molecule has 0 saturated carbocycles. The number of pyridine rings is 1. The summed E-state index contributed by atoms with van der Waals surface area (Å²) in [4.78, 5) is 3.45. The van der Waals surface area contributed by atoms with Crippen molar-refractivity contribution in [2.24, 2.45) is 0 Å². The van der Waals surface area contributed by atoms with Crippen molar-refractivity contribution in [3.05, 3.63) is 47.8 Å². The Kier molecular flexibility index (Phi) is 6.84. The van der Waals surface area contributed by atoms with Crippen LogP contribution in [0, 0.1) is 0 Å². The van der Waals surface area contributed by atoms with E-state index in [2.05, 4.69) is 4.98 Å². The SMILES string of the molecule is CC1(S(=O)c2cccc(S(C)(=O)=O)c2)CCOC(c2ncc(C(F)(F)F)cc2S(C)(=O)=O)C1. The molecule has 1 saturated heterocycles. The van der Waals surface area contributed by atoms with Crippen LogP contribution >= 0.6 is 0 Å². The molecule has 1 aliphatic rings. The van der Waals surface area contributed by atoms with Crippen LogP contribution in [0.5, 0.6) is 0 Å². The van der Waals surface area contributed by atoms with Crippen molar-refractivity contribution in [2.45, 2.75) is 51.5 Å². The zero-order valence-electron chi connectivity index (χ0n) is 17.9. The highest BCUT2D eigenvalue weighted by Crippen LogP contribution is 2.42. The molecule has 0 bridgehead atoms. The quantitative estimate of drug-likeness (QED) is 0.589. The summed E-state index contributed by atoms with van der Waals surface area (Å²) in [5, 5.41) is 0. The van der Waals surface area contributed by atoms with Crippen molar-refractivity contribution in [2.75, 3.05) is 19.1 Å². The predicted molar refractivity (Wildman–Crippen MR) is 115 cm³/mol. The third-order valence-electron chi connectivity index (χ3n) is 5.38. The van der Waals surface area contributed by atoms with E-state index in [4.69, 9.17) is 4.74 Å². The van der Waals surface area contributed by atoms with Gasteiger partial charge in [-0.3, -0.25) is 9.19 Å². The maximum atomic E-state index is 13.4. The summed E-state index contributed by atoms with van der Waals surface area (Å²) in [6.45, 7) is 1.74. The van der Waals surface area contributed by atoms with Gasteiger partial charge in [-0.25, -0.2) is 16.8 Å². The summed E-state index contributed by atoms with van der Waals surface area (Å²) in [6.07, 6.45) is -3.13. The first-order valence-electron chi connectivity index (χ1n) is 9.63. The second kappa shape index (κ2) is 8.75. The first kappa shape index (κ1) is 25.8. The molecule has 0 radical (unpaired) electrons. The number of hydrogen-bond acceptors (Lipinski definition) is 7. The molecule has 0 amide bonds. The minimum atomic E-state index is -4.78. The summed E-state index contributed by atoms with van der Waals surface area (Å²) in [6, 6.07) is 6.23. The van der Waals surface area contributed by atoms with E-state index < -0.39 is 58.0 Å². The molecule has 1 fully saturated rings. The Morgan fingerprint density at radius 1 is 1.12 bits per heavy atom. The van der Waals surface area contributed by atoms with Crippen LogP contribution in [0.4, 0.5) is 13.2 Å². The highest BCUT2D eigenvalue weighted by atomic mass is 32.2. The van der Waals surface area contributed by atoms with E-state index in [1.807, 2.05) is 0 Å². The molecule has 33 heavy (non-hydrogen) atoms. The summed E-state index contributed by atoms with van der Waals surface area (Å²) >= 11 is 0. The van der Waals surface area contributed by atoms with Gasteiger partial charge in [0.05, 0.1) is 36.6 Å². The molecule has 0 aliphatic carbocycles. The average Bonchev–Trinajstić information content (AvgIpc) is 2.71. The maximum absolute atomic E-state index is 13.4. The topological polar surface area (TPSA) is 107 Å². The van der Waals surface area contributed by atoms with E-state index in [0.717, 1.165) is 12.5 Å². The molecule has 3 atom stereocenters.